The second kappa shape index (κ2) is 5.21. The van der Waals surface area contributed by atoms with Crippen LogP contribution in [0.25, 0.3) is 0 Å². The average Bonchev–Trinajstić information content (AvgIpc) is 2.75. The highest BCUT2D eigenvalue weighted by molar-refractivity contribution is 6.05. The molecule has 1 N–H and O–H groups in total. The Morgan fingerprint density at radius 2 is 1.60 bits per heavy atom. The summed E-state index contributed by atoms with van der Waals surface area (Å²) < 4.78 is 0. The SMILES string of the molecule is O=C1[C@H]2CC=CC[C@H]2C(=O)N1[C@H](CO)c1ccccc1. The molecular weight excluding hydrogens is 254 g/mol. The number of nitrogens with zero attached hydrogens (tertiary/aromatic N) is 1. The van der Waals surface area contributed by atoms with Crippen LogP contribution in [0.3, 0.4) is 0 Å². The molecule has 0 saturated carbocycles. The molecule has 2 amide bonds. The fourth-order valence-electron chi connectivity index (χ4n) is 3.14. The average molecular weight is 271 g/mol. The van der Waals surface area contributed by atoms with E-state index >= 15 is 0 Å². The molecule has 104 valence electrons. The minimum atomic E-state index is -0.568. The molecule has 20 heavy (non-hydrogen) atoms. The maximum Gasteiger partial charge on any atom is 0.234 e. The molecule has 1 aliphatic carbocycles. The fourth-order valence-corrected chi connectivity index (χ4v) is 3.14. The summed E-state index contributed by atoms with van der Waals surface area (Å²) in [4.78, 5) is 26.2. The van der Waals surface area contributed by atoms with E-state index in [1.807, 2.05) is 42.5 Å². The summed E-state index contributed by atoms with van der Waals surface area (Å²) >= 11 is 0. The van der Waals surface area contributed by atoms with E-state index in [-0.39, 0.29) is 30.3 Å². The molecule has 0 bridgehead atoms. The van der Waals surface area contributed by atoms with Crippen molar-refractivity contribution in [3.63, 3.8) is 0 Å². The van der Waals surface area contributed by atoms with Crippen LogP contribution in [0, 0.1) is 11.8 Å². The quantitative estimate of drug-likeness (QED) is 0.672. The van der Waals surface area contributed by atoms with Crippen LogP contribution in [-0.2, 0) is 9.59 Å². The summed E-state index contributed by atoms with van der Waals surface area (Å²) in [6.07, 6.45) is 5.18. The Bertz CT molecular complexity index is 526. The lowest BCUT2D eigenvalue weighted by Gasteiger charge is -2.25. The molecule has 1 aromatic carbocycles. The molecule has 0 spiro atoms. The number of amides is 2. The van der Waals surface area contributed by atoms with Crippen LogP contribution in [0.5, 0.6) is 0 Å². The van der Waals surface area contributed by atoms with Crippen molar-refractivity contribution in [2.45, 2.75) is 18.9 Å². The van der Waals surface area contributed by atoms with Gasteiger partial charge in [-0.1, -0.05) is 42.5 Å². The Balaban J connectivity index is 1.93. The maximum atomic E-state index is 12.5. The number of carbonyl (C=O) groups is 2. The molecular formula is C16H17NO3. The molecule has 2 aliphatic rings. The Morgan fingerprint density at radius 1 is 1.05 bits per heavy atom. The van der Waals surface area contributed by atoms with Crippen LogP contribution in [0.15, 0.2) is 42.5 Å². The minimum absolute atomic E-state index is 0.146. The van der Waals surface area contributed by atoms with Gasteiger partial charge in [0.05, 0.1) is 24.5 Å². The van der Waals surface area contributed by atoms with Crippen molar-refractivity contribution < 1.29 is 14.7 Å². The summed E-state index contributed by atoms with van der Waals surface area (Å²) in [5.74, 6) is -0.782. The van der Waals surface area contributed by atoms with E-state index in [0.717, 1.165) is 5.56 Å². The number of fused-ring (bicyclic) bond motifs is 1. The lowest BCUT2D eigenvalue weighted by Crippen LogP contribution is -2.37. The van der Waals surface area contributed by atoms with Gasteiger partial charge in [0.25, 0.3) is 0 Å². The normalized spacial score (nSPS) is 26.8. The number of hydrogen-bond donors (Lipinski definition) is 1. The third-order valence-corrected chi connectivity index (χ3v) is 4.21. The van der Waals surface area contributed by atoms with E-state index in [9.17, 15) is 14.7 Å². The van der Waals surface area contributed by atoms with Crippen LogP contribution >= 0.6 is 0 Å². The molecule has 0 radical (unpaired) electrons. The molecule has 1 fully saturated rings. The van der Waals surface area contributed by atoms with Crippen molar-refractivity contribution in [2.75, 3.05) is 6.61 Å². The highest BCUT2D eigenvalue weighted by Crippen LogP contribution is 2.39. The predicted octanol–water partition coefficient (Wildman–Crippen LogP) is 1.67. The van der Waals surface area contributed by atoms with Crippen molar-refractivity contribution in [3.05, 3.63) is 48.0 Å². The molecule has 4 heteroatoms. The van der Waals surface area contributed by atoms with Crippen LogP contribution in [-0.4, -0.2) is 28.4 Å². The standard InChI is InChI=1S/C16H17NO3/c18-10-14(11-6-2-1-3-7-11)17-15(19)12-8-4-5-9-13(12)16(17)20/h1-7,12-14,18H,8-10H2/t12-,13+,14-/m1/s1. The number of imide groups is 1. The number of benzene rings is 1. The van der Waals surface area contributed by atoms with Crippen molar-refractivity contribution in [1.82, 2.24) is 4.90 Å². The van der Waals surface area contributed by atoms with Crippen molar-refractivity contribution in [1.29, 1.82) is 0 Å². The highest BCUT2D eigenvalue weighted by atomic mass is 16.3. The van der Waals surface area contributed by atoms with Gasteiger partial charge in [0.2, 0.25) is 11.8 Å². The summed E-state index contributed by atoms with van der Waals surface area (Å²) in [5, 5.41) is 9.65. The van der Waals surface area contributed by atoms with Gasteiger partial charge in [0.15, 0.2) is 0 Å². The van der Waals surface area contributed by atoms with Gasteiger partial charge in [0.1, 0.15) is 0 Å². The van der Waals surface area contributed by atoms with E-state index in [0.29, 0.717) is 12.8 Å². The zero-order valence-electron chi connectivity index (χ0n) is 11.1. The zero-order valence-corrected chi connectivity index (χ0v) is 11.1. The first kappa shape index (κ1) is 13.1. The van der Waals surface area contributed by atoms with E-state index in [1.54, 1.807) is 0 Å². The number of hydrogen-bond acceptors (Lipinski definition) is 3. The maximum absolute atomic E-state index is 12.5. The molecule has 3 rings (SSSR count). The van der Waals surface area contributed by atoms with Crippen molar-refractivity contribution in [2.24, 2.45) is 11.8 Å². The van der Waals surface area contributed by atoms with E-state index < -0.39 is 6.04 Å². The van der Waals surface area contributed by atoms with Gasteiger partial charge in [-0.15, -0.1) is 0 Å². The third-order valence-electron chi connectivity index (χ3n) is 4.21. The Morgan fingerprint density at radius 3 is 2.10 bits per heavy atom. The van der Waals surface area contributed by atoms with E-state index in [2.05, 4.69) is 0 Å². The van der Waals surface area contributed by atoms with Gasteiger partial charge in [-0.2, -0.15) is 0 Å². The van der Waals surface area contributed by atoms with Crippen LogP contribution in [0.2, 0.25) is 0 Å². The van der Waals surface area contributed by atoms with Crippen LogP contribution in [0.4, 0.5) is 0 Å². The van der Waals surface area contributed by atoms with Crippen molar-refractivity contribution in [3.8, 4) is 0 Å². The number of aliphatic hydroxyl groups is 1. The van der Waals surface area contributed by atoms with Crippen LogP contribution < -0.4 is 0 Å². The third kappa shape index (κ3) is 1.96. The van der Waals surface area contributed by atoms with Gasteiger partial charge in [-0.25, -0.2) is 0 Å². The molecule has 0 aromatic heterocycles. The highest BCUT2D eigenvalue weighted by Gasteiger charge is 2.49. The van der Waals surface area contributed by atoms with Gasteiger partial charge in [0, 0.05) is 0 Å². The fraction of sp³-hybridized carbons (Fsp3) is 0.375. The molecule has 1 saturated heterocycles. The number of likely N-dealkylation sites (tertiary alicyclic amines) is 1. The zero-order chi connectivity index (χ0) is 14.1. The summed E-state index contributed by atoms with van der Waals surface area (Å²) in [6, 6.07) is 8.66. The summed E-state index contributed by atoms with van der Waals surface area (Å²) in [7, 11) is 0. The monoisotopic (exact) mass is 271 g/mol. The molecule has 1 aliphatic heterocycles. The number of aliphatic hydroxyl groups excluding tert-OH is 1. The van der Waals surface area contributed by atoms with Crippen molar-refractivity contribution >= 4 is 11.8 Å². The first-order chi connectivity index (χ1) is 9.74. The number of allylic oxidation sites excluding steroid dienone is 2. The summed E-state index contributed by atoms with van der Waals surface area (Å²) in [5.41, 5.74) is 0.795. The van der Waals surface area contributed by atoms with Crippen LogP contribution in [0.1, 0.15) is 24.4 Å². The summed E-state index contributed by atoms with van der Waals surface area (Å²) in [6.45, 7) is -0.242. The number of carbonyl (C=O) groups excluding carboxylic acids is 2. The van der Waals surface area contributed by atoms with Gasteiger partial charge < -0.3 is 5.11 Å². The molecule has 0 unspecified atom stereocenters. The topological polar surface area (TPSA) is 57.6 Å². The Kier molecular flexibility index (Phi) is 3.40. The Hall–Kier alpha value is -1.94. The lowest BCUT2D eigenvalue weighted by atomic mass is 9.85. The van der Waals surface area contributed by atoms with E-state index in [1.165, 1.54) is 4.90 Å². The van der Waals surface area contributed by atoms with Gasteiger partial charge in [-0.3, -0.25) is 14.5 Å². The first-order valence-corrected chi connectivity index (χ1v) is 6.91. The first-order valence-electron chi connectivity index (χ1n) is 6.91. The second-order valence-electron chi connectivity index (χ2n) is 5.31. The van der Waals surface area contributed by atoms with Gasteiger partial charge >= 0.3 is 0 Å². The lowest BCUT2D eigenvalue weighted by molar-refractivity contribution is -0.143. The largest absolute Gasteiger partial charge is 0.394 e. The molecule has 1 heterocycles. The Labute approximate surface area is 117 Å². The second-order valence-corrected chi connectivity index (χ2v) is 5.31. The molecule has 1 aromatic rings. The molecule has 3 atom stereocenters. The van der Waals surface area contributed by atoms with Gasteiger partial charge in [-0.05, 0) is 18.4 Å². The van der Waals surface area contributed by atoms with E-state index in [4.69, 9.17) is 0 Å². The molecule has 4 nitrogen and oxygen atoms in total. The minimum Gasteiger partial charge on any atom is -0.394 e. The smallest absolute Gasteiger partial charge is 0.234 e. The number of rotatable bonds is 3. The predicted molar refractivity (Wildman–Crippen MR) is 73.5 cm³/mol.